The molecule has 0 saturated heterocycles. The maximum atomic E-state index is 12.3. The number of nitrogens with two attached hydrogens (primary N) is 1. The van der Waals surface area contributed by atoms with Crippen molar-refractivity contribution >= 4 is 88.7 Å². The van der Waals surface area contributed by atoms with E-state index >= 15 is 0 Å². The monoisotopic (exact) mass is 933 g/mol. The van der Waals surface area contributed by atoms with E-state index in [9.17, 15) is 82.1 Å². The van der Waals surface area contributed by atoms with Gasteiger partial charge in [-0.3, -0.25) is 71.9 Å². The highest BCUT2D eigenvalue weighted by Crippen LogP contribution is 1.86. The van der Waals surface area contributed by atoms with Gasteiger partial charge in [0.15, 0.2) is 0 Å². The highest BCUT2D eigenvalue weighted by molar-refractivity contribution is 5.96. The molecule has 0 radical (unpaired) electrons. The summed E-state index contributed by atoms with van der Waals surface area (Å²) < 4.78 is 0. The standard InChI is InChI=1S/C32H51N15O18/c33-1-18(50)34-2-19(51)35-6-23(55)41-11-28(60)46-16(14-48)31(64)45-10-27(59)40-5-22(54)37-7-24(56)42-12-29(61)47-17(15-49)32(65)44-9-26(58)39-4-21(53)36-3-20(52)38-8-25(57)43-13-30(62)63/h16-17,48-49H,1-15,33H2,(H,34,50)(H,35,51)(H,36,53)(H,37,54)(H,38,52)(H,39,58)(H,40,59)(H,41,55)(H,42,56)(H,43,57)(H,44,65)(H,45,64)(H,46,60)(H,47,61)(H,62,63)/t16-,17-/m0/s1. The lowest BCUT2D eigenvalue weighted by atomic mass is 10.3. The van der Waals surface area contributed by atoms with Crippen LogP contribution in [-0.4, -0.2) is 214 Å². The van der Waals surface area contributed by atoms with E-state index in [2.05, 4.69) is 69.1 Å². The Hall–Kier alpha value is -8.07. The molecule has 0 heterocycles. The fraction of sp³-hybridized carbons (Fsp3) is 0.531. The number of aliphatic hydroxyl groups excluding tert-OH is 2. The molecule has 33 heteroatoms. The SMILES string of the molecule is NCC(=O)NCC(=O)NCC(=O)NCC(=O)N[C@@H](CO)C(=O)NCC(=O)NCC(=O)NCC(=O)NCC(=O)N[C@@H](CO)C(=O)NCC(=O)NCC(=O)NCC(=O)NCC(=O)NCC(=O)O. The van der Waals surface area contributed by atoms with Crippen molar-refractivity contribution in [1.82, 2.24) is 74.4 Å². The van der Waals surface area contributed by atoms with E-state index in [0.29, 0.717) is 0 Å². The Bertz CT molecular complexity index is 1780. The molecule has 19 N–H and O–H groups in total. The van der Waals surface area contributed by atoms with Gasteiger partial charge in [-0.25, -0.2) is 0 Å². The predicted molar refractivity (Wildman–Crippen MR) is 211 cm³/mol. The number of hydrogen-bond donors (Lipinski definition) is 18. The van der Waals surface area contributed by atoms with Crippen molar-refractivity contribution in [2.75, 3.05) is 98.3 Å². The first-order valence-corrected chi connectivity index (χ1v) is 18.6. The van der Waals surface area contributed by atoms with Crippen LogP contribution in [0.1, 0.15) is 0 Å². The van der Waals surface area contributed by atoms with Crippen LogP contribution in [0, 0.1) is 0 Å². The molecule has 0 aromatic carbocycles. The summed E-state index contributed by atoms with van der Waals surface area (Å²) in [6, 6.07) is -3.16. The predicted octanol–water partition coefficient (Wildman–Crippen LogP) is -14.6. The van der Waals surface area contributed by atoms with Crippen LogP contribution in [0.2, 0.25) is 0 Å². The molecular formula is C32H51N15O18. The Labute approximate surface area is 366 Å². The maximum Gasteiger partial charge on any atom is 0.322 e. The molecule has 2 atom stereocenters. The van der Waals surface area contributed by atoms with Gasteiger partial charge in [-0.1, -0.05) is 0 Å². The number of carbonyl (C=O) groups is 15. The van der Waals surface area contributed by atoms with Crippen LogP contribution >= 0.6 is 0 Å². The Morgan fingerprint density at radius 3 is 0.723 bits per heavy atom. The van der Waals surface area contributed by atoms with Gasteiger partial charge in [0.2, 0.25) is 82.7 Å². The van der Waals surface area contributed by atoms with Crippen LogP contribution in [0.15, 0.2) is 0 Å². The van der Waals surface area contributed by atoms with Crippen LogP contribution in [0.3, 0.4) is 0 Å². The fourth-order valence-corrected chi connectivity index (χ4v) is 3.88. The van der Waals surface area contributed by atoms with Gasteiger partial charge in [0.25, 0.3) is 0 Å². The van der Waals surface area contributed by atoms with Gasteiger partial charge in [0, 0.05) is 0 Å². The zero-order valence-electron chi connectivity index (χ0n) is 34.3. The van der Waals surface area contributed by atoms with Gasteiger partial charge < -0.3 is 95.5 Å². The lowest BCUT2D eigenvalue weighted by Crippen LogP contribution is -2.53. The quantitative estimate of drug-likeness (QED) is 0.0307. The minimum atomic E-state index is -1.60. The first kappa shape index (κ1) is 56.9. The van der Waals surface area contributed by atoms with E-state index in [-0.39, 0.29) is 6.54 Å². The Balaban J connectivity index is 4.35. The summed E-state index contributed by atoms with van der Waals surface area (Å²) in [6.45, 7) is -9.94. The summed E-state index contributed by atoms with van der Waals surface area (Å²) in [5.41, 5.74) is 5.07. The van der Waals surface area contributed by atoms with Crippen molar-refractivity contribution in [3.05, 3.63) is 0 Å². The van der Waals surface area contributed by atoms with E-state index in [1.165, 1.54) is 0 Å². The number of carbonyl (C=O) groups excluding carboxylic acids is 14. The summed E-state index contributed by atoms with van der Waals surface area (Å²) >= 11 is 0. The minimum Gasteiger partial charge on any atom is -0.480 e. The number of carboxylic acid groups (broad SMARTS) is 1. The molecular weight excluding hydrogens is 882 g/mol. The fourth-order valence-electron chi connectivity index (χ4n) is 3.88. The van der Waals surface area contributed by atoms with Gasteiger partial charge >= 0.3 is 5.97 Å². The van der Waals surface area contributed by atoms with Crippen LogP contribution in [0.25, 0.3) is 0 Å². The lowest BCUT2D eigenvalue weighted by Gasteiger charge is -2.16. The second kappa shape index (κ2) is 32.6. The highest BCUT2D eigenvalue weighted by atomic mass is 16.4. The van der Waals surface area contributed by atoms with Gasteiger partial charge in [0.1, 0.15) is 18.6 Å². The highest BCUT2D eigenvalue weighted by Gasteiger charge is 2.23. The largest absolute Gasteiger partial charge is 0.480 e. The third-order valence-electron chi connectivity index (χ3n) is 7.15. The molecule has 0 aromatic rings. The number of amides is 14. The van der Waals surface area contributed by atoms with Crippen molar-refractivity contribution in [3.8, 4) is 0 Å². The Kier molecular flexibility index (Phi) is 28.6. The molecule has 362 valence electrons. The molecule has 0 aliphatic heterocycles. The summed E-state index contributed by atoms with van der Waals surface area (Å²) in [5, 5.41) is 56.9. The number of carboxylic acids is 1. The average molecular weight is 934 g/mol. The van der Waals surface area contributed by atoms with Crippen molar-refractivity contribution in [2.45, 2.75) is 12.1 Å². The molecule has 14 amide bonds. The van der Waals surface area contributed by atoms with Gasteiger partial charge in [-0.15, -0.1) is 0 Å². The van der Waals surface area contributed by atoms with Crippen molar-refractivity contribution < 1.29 is 87.2 Å². The van der Waals surface area contributed by atoms with Crippen LogP contribution < -0.4 is 80.2 Å². The molecule has 0 aliphatic rings. The normalized spacial score (nSPS) is 10.9. The zero-order chi connectivity index (χ0) is 49.3. The van der Waals surface area contributed by atoms with Gasteiger partial charge in [-0.2, -0.15) is 0 Å². The topological polar surface area (TPSA) is 511 Å². The maximum absolute atomic E-state index is 12.3. The number of rotatable bonds is 31. The minimum absolute atomic E-state index is 0.347. The molecule has 0 aliphatic carbocycles. The van der Waals surface area contributed by atoms with E-state index in [4.69, 9.17) is 10.8 Å². The van der Waals surface area contributed by atoms with Gasteiger partial charge in [0.05, 0.1) is 91.8 Å². The summed E-state index contributed by atoms with van der Waals surface area (Å²) in [5.74, 6) is -13.5. The van der Waals surface area contributed by atoms with Crippen molar-refractivity contribution in [1.29, 1.82) is 0 Å². The van der Waals surface area contributed by atoms with Crippen LogP contribution in [0.4, 0.5) is 0 Å². The molecule has 0 bridgehead atoms. The second-order valence-electron chi connectivity index (χ2n) is 12.4. The van der Waals surface area contributed by atoms with Crippen LogP contribution in [0.5, 0.6) is 0 Å². The summed E-state index contributed by atoms with van der Waals surface area (Å²) in [4.78, 5) is 177. The zero-order valence-corrected chi connectivity index (χ0v) is 34.3. The summed E-state index contributed by atoms with van der Waals surface area (Å²) in [6.07, 6.45) is 0. The summed E-state index contributed by atoms with van der Waals surface area (Å²) in [7, 11) is 0. The van der Waals surface area contributed by atoms with E-state index in [0.717, 1.165) is 0 Å². The number of aliphatic carboxylic acids is 1. The number of hydrogen-bond acceptors (Lipinski definition) is 18. The Morgan fingerprint density at radius 1 is 0.308 bits per heavy atom. The molecule has 0 spiro atoms. The molecule has 0 aromatic heterocycles. The first-order valence-electron chi connectivity index (χ1n) is 18.6. The van der Waals surface area contributed by atoms with Gasteiger partial charge in [-0.05, 0) is 0 Å². The average Bonchev–Trinajstić information content (AvgIpc) is 3.28. The smallest absolute Gasteiger partial charge is 0.322 e. The third kappa shape index (κ3) is 29.8. The first-order chi connectivity index (χ1) is 30.7. The molecule has 0 unspecified atom stereocenters. The molecule has 0 fully saturated rings. The van der Waals surface area contributed by atoms with E-state index in [1.807, 2.05) is 5.32 Å². The van der Waals surface area contributed by atoms with E-state index < -0.39 is 193 Å². The van der Waals surface area contributed by atoms with E-state index in [1.54, 1.807) is 0 Å². The lowest BCUT2D eigenvalue weighted by molar-refractivity contribution is -0.138. The molecule has 33 nitrogen and oxygen atoms in total. The molecule has 0 saturated carbocycles. The van der Waals surface area contributed by atoms with Crippen LogP contribution in [-0.2, 0) is 71.9 Å². The van der Waals surface area contributed by atoms with Crippen molar-refractivity contribution in [2.24, 2.45) is 5.73 Å². The van der Waals surface area contributed by atoms with Crippen molar-refractivity contribution in [3.63, 3.8) is 0 Å². The second-order valence-corrected chi connectivity index (χ2v) is 12.4. The molecule has 65 heavy (non-hydrogen) atoms. The number of nitrogens with one attached hydrogen (secondary N) is 14. The Morgan fingerprint density at radius 2 is 0.508 bits per heavy atom. The third-order valence-corrected chi connectivity index (χ3v) is 7.15. The molecule has 0 rings (SSSR count). The number of aliphatic hydroxyl groups is 2.